The highest BCUT2D eigenvalue weighted by Gasteiger charge is 2.51. The van der Waals surface area contributed by atoms with Crippen molar-refractivity contribution in [2.45, 2.75) is 58.8 Å². The molecule has 0 bridgehead atoms. The van der Waals surface area contributed by atoms with Gasteiger partial charge in [-0.3, -0.25) is 0 Å². The van der Waals surface area contributed by atoms with Crippen molar-refractivity contribution in [1.29, 1.82) is 0 Å². The average molecular weight is 206 g/mol. The van der Waals surface area contributed by atoms with Gasteiger partial charge in [0, 0.05) is 0 Å². The molecule has 2 saturated carbocycles. The number of allylic oxidation sites excluding steroid dienone is 2. The summed E-state index contributed by atoms with van der Waals surface area (Å²) in [5.74, 6) is 4.49. The second kappa shape index (κ2) is 5.18. The summed E-state index contributed by atoms with van der Waals surface area (Å²) in [6, 6.07) is 0. The molecule has 0 amide bonds. The predicted molar refractivity (Wildman–Crippen MR) is 66.8 cm³/mol. The Morgan fingerprint density at radius 1 is 1.07 bits per heavy atom. The second-order valence-corrected chi connectivity index (χ2v) is 5.62. The van der Waals surface area contributed by atoms with Crippen molar-refractivity contribution < 1.29 is 0 Å². The van der Waals surface area contributed by atoms with Crippen molar-refractivity contribution >= 4 is 0 Å². The third kappa shape index (κ3) is 3.09. The standard InChI is InChI=1S/C15H26/c1-3-5-7-9-13-11-15(13)14-10-12(14)8-6-4-2/h4,6,12-15H,3,5,7-11H2,1-2H3. The zero-order valence-corrected chi connectivity index (χ0v) is 10.4. The topological polar surface area (TPSA) is 0 Å². The summed E-state index contributed by atoms with van der Waals surface area (Å²) < 4.78 is 0. The molecule has 0 heteroatoms. The van der Waals surface area contributed by atoms with Gasteiger partial charge in [0.25, 0.3) is 0 Å². The monoisotopic (exact) mass is 206 g/mol. The summed E-state index contributed by atoms with van der Waals surface area (Å²) in [6.45, 7) is 4.44. The molecule has 0 aromatic heterocycles. The summed E-state index contributed by atoms with van der Waals surface area (Å²) in [5, 5.41) is 0. The van der Waals surface area contributed by atoms with Crippen molar-refractivity contribution in [3.05, 3.63) is 12.2 Å². The van der Waals surface area contributed by atoms with Gasteiger partial charge in [-0.1, -0.05) is 44.8 Å². The first kappa shape index (κ1) is 11.2. The Labute approximate surface area is 95.1 Å². The van der Waals surface area contributed by atoms with Crippen molar-refractivity contribution in [3.8, 4) is 0 Å². The van der Waals surface area contributed by atoms with Crippen LogP contribution in [0.4, 0.5) is 0 Å². The summed E-state index contributed by atoms with van der Waals surface area (Å²) in [7, 11) is 0. The van der Waals surface area contributed by atoms with Gasteiger partial charge in [0.2, 0.25) is 0 Å². The molecule has 86 valence electrons. The Hall–Kier alpha value is -0.260. The number of unbranched alkanes of at least 4 members (excludes halogenated alkanes) is 2. The van der Waals surface area contributed by atoms with Crippen LogP contribution in [0.3, 0.4) is 0 Å². The summed E-state index contributed by atoms with van der Waals surface area (Å²) in [6.07, 6.45) is 14.9. The Kier molecular flexibility index (Phi) is 3.88. The Morgan fingerprint density at radius 3 is 2.53 bits per heavy atom. The minimum Gasteiger partial charge on any atom is -0.0917 e. The lowest BCUT2D eigenvalue weighted by Crippen LogP contribution is -1.89. The van der Waals surface area contributed by atoms with Gasteiger partial charge in [-0.25, -0.2) is 0 Å². The smallest absolute Gasteiger partial charge is 0.0319 e. The van der Waals surface area contributed by atoms with E-state index in [9.17, 15) is 0 Å². The molecular formula is C15H26. The molecule has 0 aromatic carbocycles. The van der Waals surface area contributed by atoms with Gasteiger partial charge < -0.3 is 0 Å². The first-order chi connectivity index (χ1) is 7.36. The fraction of sp³-hybridized carbons (Fsp3) is 0.867. The minimum absolute atomic E-state index is 1.07. The quantitative estimate of drug-likeness (QED) is 0.414. The number of hydrogen-bond acceptors (Lipinski definition) is 0. The third-order valence-corrected chi connectivity index (χ3v) is 4.36. The fourth-order valence-corrected chi connectivity index (χ4v) is 3.16. The maximum absolute atomic E-state index is 2.36. The van der Waals surface area contributed by atoms with Crippen LogP contribution in [0.15, 0.2) is 12.2 Å². The molecule has 0 heterocycles. The van der Waals surface area contributed by atoms with Crippen molar-refractivity contribution in [3.63, 3.8) is 0 Å². The van der Waals surface area contributed by atoms with E-state index in [0.717, 1.165) is 23.7 Å². The van der Waals surface area contributed by atoms with Crippen LogP contribution in [0, 0.1) is 23.7 Å². The Bertz CT molecular complexity index is 216. The van der Waals surface area contributed by atoms with Crippen LogP contribution in [-0.4, -0.2) is 0 Å². The molecule has 2 rings (SSSR count). The first-order valence-electron chi connectivity index (χ1n) is 6.98. The van der Waals surface area contributed by atoms with Crippen LogP contribution in [-0.2, 0) is 0 Å². The molecule has 4 atom stereocenters. The molecule has 0 N–H and O–H groups in total. The maximum atomic E-state index is 2.36. The van der Waals surface area contributed by atoms with E-state index in [1.165, 1.54) is 32.1 Å². The molecule has 2 fully saturated rings. The highest BCUT2D eigenvalue weighted by molar-refractivity contribution is 5.03. The highest BCUT2D eigenvalue weighted by Crippen LogP contribution is 2.60. The van der Waals surface area contributed by atoms with E-state index in [2.05, 4.69) is 26.0 Å². The van der Waals surface area contributed by atoms with Gasteiger partial charge in [-0.15, -0.1) is 0 Å². The zero-order valence-electron chi connectivity index (χ0n) is 10.4. The third-order valence-electron chi connectivity index (χ3n) is 4.36. The van der Waals surface area contributed by atoms with Gasteiger partial charge in [-0.2, -0.15) is 0 Å². The van der Waals surface area contributed by atoms with Gasteiger partial charge >= 0.3 is 0 Å². The lowest BCUT2D eigenvalue weighted by Gasteiger charge is -1.98. The summed E-state index contributed by atoms with van der Waals surface area (Å²) in [4.78, 5) is 0. The molecule has 15 heavy (non-hydrogen) atoms. The Balaban J connectivity index is 1.56. The van der Waals surface area contributed by atoms with Gasteiger partial charge in [-0.05, 0) is 49.9 Å². The molecule has 2 aliphatic carbocycles. The summed E-state index contributed by atoms with van der Waals surface area (Å²) in [5.41, 5.74) is 0. The van der Waals surface area contributed by atoms with E-state index in [0.29, 0.717) is 0 Å². The highest BCUT2D eigenvalue weighted by atomic mass is 14.6. The molecule has 4 unspecified atom stereocenters. The molecule has 2 aliphatic rings. The largest absolute Gasteiger partial charge is 0.0917 e. The molecular weight excluding hydrogens is 180 g/mol. The predicted octanol–water partition coefficient (Wildman–Crippen LogP) is 4.81. The first-order valence-corrected chi connectivity index (χ1v) is 6.98. The molecule has 0 saturated heterocycles. The van der Waals surface area contributed by atoms with E-state index in [-0.39, 0.29) is 0 Å². The van der Waals surface area contributed by atoms with E-state index < -0.39 is 0 Å². The van der Waals surface area contributed by atoms with Crippen LogP contribution in [0.1, 0.15) is 58.8 Å². The lowest BCUT2D eigenvalue weighted by atomic mass is 10.1. The van der Waals surface area contributed by atoms with Crippen LogP contribution < -0.4 is 0 Å². The van der Waals surface area contributed by atoms with Gasteiger partial charge in [0.1, 0.15) is 0 Å². The fourth-order valence-electron chi connectivity index (χ4n) is 3.16. The second-order valence-electron chi connectivity index (χ2n) is 5.62. The maximum Gasteiger partial charge on any atom is -0.0319 e. The molecule has 0 nitrogen and oxygen atoms in total. The van der Waals surface area contributed by atoms with Gasteiger partial charge in [0.05, 0.1) is 0 Å². The van der Waals surface area contributed by atoms with Crippen molar-refractivity contribution in [2.24, 2.45) is 23.7 Å². The molecule has 0 spiro atoms. The normalized spacial score (nSPS) is 38.5. The Morgan fingerprint density at radius 2 is 1.80 bits per heavy atom. The van der Waals surface area contributed by atoms with Crippen LogP contribution in [0.2, 0.25) is 0 Å². The van der Waals surface area contributed by atoms with Crippen LogP contribution in [0.5, 0.6) is 0 Å². The van der Waals surface area contributed by atoms with E-state index in [1.807, 2.05) is 0 Å². The average Bonchev–Trinajstić information content (AvgIpc) is 3.09. The SMILES string of the molecule is CC=CCC1CC1C1CC1CCCCC. The number of rotatable bonds is 7. The van der Waals surface area contributed by atoms with Crippen molar-refractivity contribution in [1.82, 2.24) is 0 Å². The van der Waals surface area contributed by atoms with E-state index >= 15 is 0 Å². The summed E-state index contributed by atoms with van der Waals surface area (Å²) >= 11 is 0. The van der Waals surface area contributed by atoms with E-state index in [4.69, 9.17) is 0 Å². The number of hydrogen-bond donors (Lipinski definition) is 0. The minimum atomic E-state index is 1.07. The lowest BCUT2D eigenvalue weighted by molar-refractivity contribution is 0.532. The van der Waals surface area contributed by atoms with E-state index in [1.54, 1.807) is 12.8 Å². The molecule has 0 aliphatic heterocycles. The van der Waals surface area contributed by atoms with Crippen molar-refractivity contribution in [2.75, 3.05) is 0 Å². The molecule has 0 radical (unpaired) electrons. The van der Waals surface area contributed by atoms with Gasteiger partial charge in [0.15, 0.2) is 0 Å². The molecule has 0 aromatic rings. The zero-order chi connectivity index (χ0) is 10.7. The van der Waals surface area contributed by atoms with Crippen LogP contribution >= 0.6 is 0 Å². The van der Waals surface area contributed by atoms with Crippen LogP contribution in [0.25, 0.3) is 0 Å².